The molecule has 2 N–H and O–H groups in total. The van der Waals surface area contributed by atoms with E-state index in [0.29, 0.717) is 17.8 Å². The molecule has 0 aromatic carbocycles. The highest BCUT2D eigenvalue weighted by Crippen LogP contribution is 2.18. The van der Waals surface area contributed by atoms with Crippen LogP contribution >= 0.6 is 0 Å². The van der Waals surface area contributed by atoms with E-state index in [0.717, 1.165) is 19.4 Å². The molecule has 2 unspecified atom stereocenters. The summed E-state index contributed by atoms with van der Waals surface area (Å²) in [6, 6.07) is 0.148. The molecule has 8 nitrogen and oxygen atoms in total. The van der Waals surface area contributed by atoms with Crippen LogP contribution in [0.1, 0.15) is 19.8 Å². The molecule has 0 radical (unpaired) electrons. The van der Waals surface area contributed by atoms with E-state index < -0.39 is 0 Å². The van der Waals surface area contributed by atoms with Crippen LogP contribution in [0.4, 0.5) is 11.9 Å². The van der Waals surface area contributed by atoms with Gasteiger partial charge in [0, 0.05) is 26.0 Å². The van der Waals surface area contributed by atoms with Gasteiger partial charge in [-0.1, -0.05) is 0 Å². The average molecular weight is 289 g/mol. The normalized spacial score (nSPS) is 19.4. The lowest BCUT2D eigenvalue weighted by Gasteiger charge is -2.20. The summed E-state index contributed by atoms with van der Waals surface area (Å²) in [6.45, 7) is 2.91. The van der Waals surface area contributed by atoms with Gasteiger partial charge in [-0.05, 0) is 19.8 Å². The van der Waals surface area contributed by atoms with Gasteiger partial charge in [0.25, 0.3) is 0 Å². The molecule has 3 rings (SSSR count). The maximum absolute atomic E-state index is 5.68. The zero-order chi connectivity index (χ0) is 14.7. The summed E-state index contributed by atoms with van der Waals surface area (Å²) in [7, 11) is 1.78. The highest BCUT2D eigenvalue weighted by atomic mass is 16.5. The molecule has 2 aromatic rings. The third-order valence-corrected chi connectivity index (χ3v) is 3.46. The summed E-state index contributed by atoms with van der Waals surface area (Å²) in [5.41, 5.74) is 0. The van der Waals surface area contributed by atoms with Gasteiger partial charge in [0.2, 0.25) is 17.8 Å². The van der Waals surface area contributed by atoms with E-state index >= 15 is 0 Å². The summed E-state index contributed by atoms with van der Waals surface area (Å²) in [6.07, 6.45) is 7.51. The third kappa shape index (κ3) is 3.10. The summed E-state index contributed by atoms with van der Waals surface area (Å²) < 4.78 is 7.42. The Kier molecular flexibility index (Phi) is 3.96. The van der Waals surface area contributed by atoms with Crippen molar-refractivity contribution < 1.29 is 4.74 Å². The van der Waals surface area contributed by atoms with Crippen LogP contribution in [0, 0.1) is 0 Å². The van der Waals surface area contributed by atoms with Crippen molar-refractivity contribution in [2.75, 3.05) is 24.3 Å². The van der Waals surface area contributed by atoms with Crippen LogP contribution in [-0.2, 0) is 4.74 Å². The lowest BCUT2D eigenvalue weighted by atomic mass is 10.1. The van der Waals surface area contributed by atoms with Crippen LogP contribution < -0.4 is 10.6 Å². The summed E-state index contributed by atoms with van der Waals surface area (Å²) in [5.74, 6) is 1.56. The molecule has 1 saturated heterocycles. The fourth-order valence-electron chi connectivity index (χ4n) is 2.33. The minimum Gasteiger partial charge on any atom is -0.376 e. The number of anilines is 2. The molecule has 0 spiro atoms. The molecule has 21 heavy (non-hydrogen) atoms. The Morgan fingerprint density at radius 2 is 2.19 bits per heavy atom. The molecule has 0 aliphatic carbocycles. The van der Waals surface area contributed by atoms with Crippen LogP contribution in [-0.4, -0.2) is 50.3 Å². The summed E-state index contributed by atoms with van der Waals surface area (Å²) >= 11 is 0. The maximum atomic E-state index is 5.68. The Hall–Kier alpha value is -2.22. The monoisotopic (exact) mass is 289 g/mol. The van der Waals surface area contributed by atoms with Gasteiger partial charge < -0.3 is 15.4 Å². The predicted molar refractivity (Wildman–Crippen MR) is 78.6 cm³/mol. The predicted octanol–water partition coefficient (Wildman–Crippen LogP) is 1.08. The largest absolute Gasteiger partial charge is 0.376 e. The molecule has 1 fully saturated rings. The Bertz CT molecular complexity index is 580. The second-order valence-electron chi connectivity index (χ2n) is 4.99. The molecular formula is C13H19N7O. The third-order valence-electron chi connectivity index (χ3n) is 3.46. The maximum Gasteiger partial charge on any atom is 0.241 e. The Balaban J connectivity index is 1.82. The molecular weight excluding hydrogens is 270 g/mol. The number of nitrogens with one attached hydrogen (secondary N) is 2. The van der Waals surface area contributed by atoms with Crippen LogP contribution in [0.2, 0.25) is 0 Å². The van der Waals surface area contributed by atoms with Crippen molar-refractivity contribution in [3.05, 3.63) is 18.7 Å². The number of ether oxygens (including phenoxy) is 1. The molecule has 2 atom stereocenters. The molecule has 0 saturated carbocycles. The van der Waals surface area contributed by atoms with E-state index in [1.807, 2.05) is 0 Å². The van der Waals surface area contributed by atoms with Crippen molar-refractivity contribution in [2.24, 2.45) is 0 Å². The summed E-state index contributed by atoms with van der Waals surface area (Å²) in [5, 5.41) is 6.25. The first-order chi connectivity index (χ1) is 10.3. The number of nitrogens with zero attached hydrogens (tertiary/aromatic N) is 5. The van der Waals surface area contributed by atoms with Crippen LogP contribution in [0.3, 0.4) is 0 Å². The van der Waals surface area contributed by atoms with Crippen molar-refractivity contribution >= 4 is 11.9 Å². The zero-order valence-corrected chi connectivity index (χ0v) is 12.2. The standard InChI is InChI=1S/C13H19N7O/c1-9(10-4-3-7-21-10)16-12-17-11(14-2)18-13(19-12)20-6-5-15-8-20/h5-6,8-10H,3-4,7H2,1-2H3,(H2,14,16,17,18,19). The molecule has 0 amide bonds. The number of hydrogen-bond acceptors (Lipinski definition) is 7. The van der Waals surface area contributed by atoms with Crippen LogP contribution in [0.15, 0.2) is 18.7 Å². The highest BCUT2D eigenvalue weighted by Gasteiger charge is 2.23. The second-order valence-corrected chi connectivity index (χ2v) is 4.99. The van der Waals surface area contributed by atoms with Gasteiger partial charge in [0.1, 0.15) is 6.33 Å². The van der Waals surface area contributed by atoms with E-state index in [-0.39, 0.29) is 12.1 Å². The topological polar surface area (TPSA) is 89.8 Å². The van der Waals surface area contributed by atoms with Gasteiger partial charge in [-0.25, -0.2) is 4.98 Å². The SMILES string of the molecule is CNc1nc(NC(C)C2CCCO2)nc(-n2ccnc2)n1. The molecule has 2 aromatic heterocycles. The van der Waals surface area contributed by atoms with E-state index in [1.54, 1.807) is 30.3 Å². The lowest BCUT2D eigenvalue weighted by molar-refractivity contribution is 0.0994. The molecule has 8 heteroatoms. The van der Waals surface area contributed by atoms with Gasteiger partial charge in [-0.2, -0.15) is 15.0 Å². The van der Waals surface area contributed by atoms with Gasteiger partial charge in [-0.3, -0.25) is 4.57 Å². The first kappa shape index (κ1) is 13.7. The average Bonchev–Trinajstić information content (AvgIpc) is 3.19. The van der Waals surface area contributed by atoms with Crippen molar-refractivity contribution in [2.45, 2.75) is 31.9 Å². The molecule has 112 valence electrons. The second kappa shape index (κ2) is 6.04. The smallest absolute Gasteiger partial charge is 0.241 e. The van der Waals surface area contributed by atoms with Crippen molar-refractivity contribution in [3.63, 3.8) is 0 Å². The highest BCUT2D eigenvalue weighted by molar-refractivity contribution is 5.38. The summed E-state index contributed by atoms with van der Waals surface area (Å²) in [4.78, 5) is 17.1. The first-order valence-corrected chi connectivity index (χ1v) is 7.06. The number of imidazole rings is 1. The molecule has 1 aliphatic heterocycles. The zero-order valence-electron chi connectivity index (χ0n) is 12.2. The van der Waals surface area contributed by atoms with Crippen LogP contribution in [0.5, 0.6) is 0 Å². The first-order valence-electron chi connectivity index (χ1n) is 7.06. The number of rotatable bonds is 5. The number of aromatic nitrogens is 5. The molecule has 3 heterocycles. The van der Waals surface area contributed by atoms with Gasteiger partial charge in [0.15, 0.2) is 0 Å². The van der Waals surface area contributed by atoms with Gasteiger partial charge in [0.05, 0.1) is 12.1 Å². The Labute approximate surface area is 123 Å². The fraction of sp³-hybridized carbons (Fsp3) is 0.538. The van der Waals surface area contributed by atoms with E-state index in [2.05, 4.69) is 37.5 Å². The van der Waals surface area contributed by atoms with E-state index in [4.69, 9.17) is 4.74 Å². The van der Waals surface area contributed by atoms with Gasteiger partial charge in [-0.15, -0.1) is 0 Å². The van der Waals surface area contributed by atoms with Gasteiger partial charge >= 0.3 is 0 Å². The Morgan fingerprint density at radius 3 is 2.86 bits per heavy atom. The van der Waals surface area contributed by atoms with E-state index in [1.165, 1.54) is 0 Å². The molecule has 1 aliphatic rings. The van der Waals surface area contributed by atoms with E-state index in [9.17, 15) is 0 Å². The Morgan fingerprint density at radius 1 is 1.33 bits per heavy atom. The molecule has 0 bridgehead atoms. The number of hydrogen-bond donors (Lipinski definition) is 2. The van der Waals surface area contributed by atoms with Crippen molar-refractivity contribution in [1.29, 1.82) is 0 Å². The quantitative estimate of drug-likeness (QED) is 0.851. The van der Waals surface area contributed by atoms with Crippen molar-refractivity contribution in [3.8, 4) is 5.95 Å². The fourth-order valence-corrected chi connectivity index (χ4v) is 2.33. The minimum atomic E-state index is 0.148. The van der Waals surface area contributed by atoms with Crippen molar-refractivity contribution in [1.82, 2.24) is 24.5 Å². The minimum absolute atomic E-state index is 0.148. The van der Waals surface area contributed by atoms with Crippen LogP contribution in [0.25, 0.3) is 5.95 Å². The lowest BCUT2D eigenvalue weighted by Crippen LogP contribution is -2.31.